The third kappa shape index (κ3) is 2.78. The van der Waals surface area contributed by atoms with Crippen molar-refractivity contribution in [3.05, 3.63) is 69.9 Å². The number of aromatic nitrogens is 1. The summed E-state index contributed by atoms with van der Waals surface area (Å²) in [6, 6.07) is 8.33. The summed E-state index contributed by atoms with van der Waals surface area (Å²) in [6.45, 7) is 0.208. The van der Waals surface area contributed by atoms with Crippen LogP contribution in [0.25, 0.3) is 0 Å². The summed E-state index contributed by atoms with van der Waals surface area (Å²) >= 11 is 0. The van der Waals surface area contributed by atoms with Gasteiger partial charge in [0.15, 0.2) is 0 Å². The molecule has 2 aromatic rings. The largest absolute Gasteiger partial charge is 0.391 e. The normalized spacial score (nSPS) is 21.1. The third-order valence-corrected chi connectivity index (χ3v) is 3.83. The van der Waals surface area contributed by atoms with Gasteiger partial charge in [-0.2, -0.15) is 0 Å². The van der Waals surface area contributed by atoms with Gasteiger partial charge in [0, 0.05) is 18.8 Å². The molecule has 2 N–H and O–H groups in total. The Bertz CT molecular complexity index is 721. The van der Waals surface area contributed by atoms with Crippen molar-refractivity contribution >= 4 is 5.91 Å². The molecule has 1 aliphatic heterocycles. The van der Waals surface area contributed by atoms with E-state index in [9.17, 15) is 19.1 Å². The second-order valence-corrected chi connectivity index (χ2v) is 5.36. The van der Waals surface area contributed by atoms with E-state index in [1.807, 2.05) is 0 Å². The topological polar surface area (TPSA) is 73.4 Å². The highest BCUT2D eigenvalue weighted by Crippen LogP contribution is 2.33. The smallest absolute Gasteiger partial charge is 0.255 e. The molecule has 5 nitrogen and oxygen atoms in total. The molecule has 3 rings (SSSR count). The van der Waals surface area contributed by atoms with E-state index in [0.29, 0.717) is 12.0 Å². The fraction of sp³-hybridized carbons (Fsp3) is 0.250. The molecule has 0 spiro atoms. The first-order chi connectivity index (χ1) is 10.5. The average molecular weight is 302 g/mol. The second kappa shape index (κ2) is 5.73. The monoisotopic (exact) mass is 302 g/mol. The number of benzene rings is 1. The summed E-state index contributed by atoms with van der Waals surface area (Å²) in [4.78, 5) is 27.7. The van der Waals surface area contributed by atoms with Crippen molar-refractivity contribution in [3.8, 4) is 0 Å². The van der Waals surface area contributed by atoms with E-state index in [0.717, 1.165) is 5.56 Å². The first-order valence-electron chi connectivity index (χ1n) is 6.98. The van der Waals surface area contributed by atoms with E-state index in [1.165, 1.54) is 30.5 Å². The van der Waals surface area contributed by atoms with Crippen molar-refractivity contribution in [2.75, 3.05) is 6.54 Å². The predicted molar refractivity (Wildman–Crippen MR) is 77.9 cm³/mol. The molecular weight excluding hydrogens is 287 g/mol. The van der Waals surface area contributed by atoms with E-state index in [1.54, 1.807) is 17.0 Å². The van der Waals surface area contributed by atoms with E-state index in [2.05, 4.69) is 4.98 Å². The van der Waals surface area contributed by atoms with Crippen molar-refractivity contribution in [2.45, 2.75) is 18.6 Å². The van der Waals surface area contributed by atoms with Crippen LogP contribution < -0.4 is 5.56 Å². The molecule has 0 saturated carbocycles. The molecule has 1 saturated heterocycles. The van der Waals surface area contributed by atoms with Gasteiger partial charge in [-0.1, -0.05) is 12.1 Å². The molecule has 1 amide bonds. The number of pyridine rings is 1. The SMILES string of the molecule is O=C(c1ccc(=O)[nH]c1)N1C[C@H](O)C[C@@H]1c1ccc(F)cc1. The number of carbonyl (C=O) groups is 1. The lowest BCUT2D eigenvalue weighted by atomic mass is 10.0. The van der Waals surface area contributed by atoms with Crippen molar-refractivity contribution in [1.82, 2.24) is 9.88 Å². The molecule has 2 heterocycles. The van der Waals surface area contributed by atoms with Crippen molar-refractivity contribution in [2.24, 2.45) is 0 Å². The van der Waals surface area contributed by atoms with Crippen LogP contribution in [-0.4, -0.2) is 33.5 Å². The van der Waals surface area contributed by atoms with Crippen LogP contribution in [0.2, 0.25) is 0 Å². The first-order valence-corrected chi connectivity index (χ1v) is 6.98. The van der Waals surface area contributed by atoms with Crippen LogP contribution in [0.3, 0.4) is 0 Å². The highest BCUT2D eigenvalue weighted by atomic mass is 19.1. The van der Waals surface area contributed by atoms with Crippen LogP contribution in [0, 0.1) is 5.82 Å². The van der Waals surface area contributed by atoms with Gasteiger partial charge < -0.3 is 15.0 Å². The summed E-state index contributed by atoms with van der Waals surface area (Å²) in [5, 5.41) is 9.90. The standard InChI is InChI=1S/C16H15FN2O3/c17-12-4-1-10(2-5-12)14-7-13(20)9-19(14)16(22)11-3-6-15(21)18-8-11/h1-6,8,13-14,20H,7,9H2,(H,18,21)/t13-,14-/m1/s1. The number of hydrogen-bond donors (Lipinski definition) is 2. The summed E-state index contributed by atoms with van der Waals surface area (Å²) in [7, 11) is 0. The molecule has 6 heteroatoms. The van der Waals surface area contributed by atoms with Crippen LogP contribution in [0.1, 0.15) is 28.4 Å². The highest BCUT2D eigenvalue weighted by molar-refractivity contribution is 5.94. The number of hydrogen-bond acceptors (Lipinski definition) is 3. The number of amides is 1. The molecule has 2 atom stereocenters. The number of halogens is 1. The van der Waals surface area contributed by atoms with Gasteiger partial charge in [-0.25, -0.2) is 4.39 Å². The van der Waals surface area contributed by atoms with Gasteiger partial charge in [0.2, 0.25) is 5.56 Å². The maximum absolute atomic E-state index is 13.0. The third-order valence-electron chi connectivity index (χ3n) is 3.83. The number of carbonyl (C=O) groups excluding carboxylic acids is 1. The summed E-state index contributed by atoms with van der Waals surface area (Å²) < 4.78 is 13.0. The van der Waals surface area contributed by atoms with Crippen molar-refractivity contribution in [1.29, 1.82) is 0 Å². The molecule has 0 unspecified atom stereocenters. The number of aliphatic hydroxyl groups is 1. The number of aliphatic hydroxyl groups excluding tert-OH is 1. The second-order valence-electron chi connectivity index (χ2n) is 5.36. The molecule has 1 aliphatic rings. The molecule has 0 bridgehead atoms. The lowest BCUT2D eigenvalue weighted by Gasteiger charge is -2.24. The van der Waals surface area contributed by atoms with Crippen molar-refractivity contribution < 1.29 is 14.3 Å². The van der Waals surface area contributed by atoms with Crippen LogP contribution in [0.5, 0.6) is 0 Å². The Morgan fingerprint density at radius 2 is 1.95 bits per heavy atom. The lowest BCUT2D eigenvalue weighted by Crippen LogP contribution is -2.32. The zero-order valence-corrected chi connectivity index (χ0v) is 11.7. The first kappa shape index (κ1) is 14.5. The predicted octanol–water partition coefficient (Wildman–Crippen LogP) is 1.46. The maximum Gasteiger partial charge on any atom is 0.255 e. The molecule has 1 aromatic carbocycles. The Labute approximate surface area is 126 Å². The number of nitrogens with one attached hydrogen (secondary N) is 1. The van der Waals surface area contributed by atoms with Crippen LogP contribution in [0.4, 0.5) is 4.39 Å². The van der Waals surface area contributed by atoms with Crippen molar-refractivity contribution in [3.63, 3.8) is 0 Å². The lowest BCUT2D eigenvalue weighted by molar-refractivity contribution is 0.0715. The van der Waals surface area contributed by atoms with Gasteiger partial charge >= 0.3 is 0 Å². The Morgan fingerprint density at radius 1 is 1.23 bits per heavy atom. The molecule has 1 fully saturated rings. The zero-order valence-electron chi connectivity index (χ0n) is 11.7. The molecule has 0 radical (unpaired) electrons. The Morgan fingerprint density at radius 3 is 2.59 bits per heavy atom. The highest BCUT2D eigenvalue weighted by Gasteiger charge is 2.35. The Balaban J connectivity index is 1.90. The average Bonchev–Trinajstić information content (AvgIpc) is 2.90. The van der Waals surface area contributed by atoms with E-state index >= 15 is 0 Å². The van der Waals surface area contributed by atoms with E-state index in [4.69, 9.17) is 0 Å². The fourth-order valence-electron chi connectivity index (χ4n) is 2.75. The number of nitrogens with zero attached hydrogens (tertiary/aromatic N) is 1. The summed E-state index contributed by atoms with van der Waals surface area (Å²) in [5.41, 5.74) is 0.838. The van der Waals surface area contributed by atoms with Crippen LogP contribution in [-0.2, 0) is 0 Å². The summed E-state index contributed by atoms with van der Waals surface area (Å²) in [5.74, 6) is -0.622. The quantitative estimate of drug-likeness (QED) is 0.882. The number of rotatable bonds is 2. The van der Waals surface area contributed by atoms with Gasteiger partial charge in [-0.3, -0.25) is 9.59 Å². The van der Waals surface area contributed by atoms with Gasteiger partial charge in [0.25, 0.3) is 5.91 Å². The van der Waals surface area contributed by atoms with E-state index < -0.39 is 6.10 Å². The molecule has 22 heavy (non-hydrogen) atoms. The Kier molecular flexibility index (Phi) is 3.77. The molecule has 1 aromatic heterocycles. The maximum atomic E-state index is 13.0. The minimum Gasteiger partial charge on any atom is -0.391 e. The van der Waals surface area contributed by atoms with Gasteiger partial charge in [0.1, 0.15) is 5.82 Å². The zero-order chi connectivity index (χ0) is 15.7. The minimum absolute atomic E-state index is 0.208. The molecule has 0 aliphatic carbocycles. The van der Waals surface area contributed by atoms with Gasteiger partial charge in [0.05, 0.1) is 17.7 Å². The number of aromatic amines is 1. The number of H-pyrrole nitrogens is 1. The van der Waals surface area contributed by atoms with Gasteiger partial charge in [-0.15, -0.1) is 0 Å². The fourth-order valence-corrected chi connectivity index (χ4v) is 2.75. The number of likely N-dealkylation sites (tertiary alicyclic amines) is 1. The Hall–Kier alpha value is -2.47. The van der Waals surface area contributed by atoms with Crippen LogP contribution in [0.15, 0.2) is 47.4 Å². The summed E-state index contributed by atoms with van der Waals surface area (Å²) in [6.07, 6.45) is 1.14. The van der Waals surface area contributed by atoms with Gasteiger partial charge in [-0.05, 0) is 30.2 Å². The molecular formula is C16H15FN2O3. The molecule has 114 valence electrons. The van der Waals surface area contributed by atoms with E-state index in [-0.39, 0.29) is 29.9 Å². The minimum atomic E-state index is -0.623. The van der Waals surface area contributed by atoms with Crippen LogP contribution >= 0.6 is 0 Å². The number of β-amino-alcohol motifs (C(OH)–C–C–N with tert-alkyl or cyclic N) is 1.